The van der Waals surface area contributed by atoms with Crippen molar-refractivity contribution in [3.63, 3.8) is 0 Å². The van der Waals surface area contributed by atoms with Gasteiger partial charge >= 0.3 is 18.2 Å². The van der Waals surface area contributed by atoms with E-state index < -0.39 is 48.2 Å². The summed E-state index contributed by atoms with van der Waals surface area (Å²) in [4.78, 5) is 137. The zero-order valence-electron chi connectivity index (χ0n) is 64.2. The Kier molecular flexibility index (Phi) is 25.8. The SMILES string of the molecule is CC(C)[C@@H](NCCNC(=O)c1ccc2nc3c(nc2c1)CSC1=CC=CC=CC1SC3)C(=O)N[C@H](CCCNC(N)=O)C(=O)Nc1ccc(COC(=O)N(C)C[C@@H]2C[C@@H](N3CCOCC3)CN2C(=O)Oc2cc3c(c4ccccc24)[C@H](CCl)CN3C(=O)c2cc3cc(NC(=O)c4ccc(N5CCN(C)CC5)cc4)ccc3[nH]2)cc1. The Morgan fingerprint density at radius 2 is 1.51 bits per heavy atom. The van der Waals surface area contributed by atoms with E-state index >= 15 is 0 Å². The zero-order valence-corrected chi connectivity index (χ0v) is 66.6. The van der Waals surface area contributed by atoms with Crippen LogP contribution in [0.1, 0.15) is 92.7 Å². The number of amides is 9. The molecule has 114 heavy (non-hydrogen) atoms. The number of anilines is 4. The maximum absolute atomic E-state index is 15.0. The van der Waals surface area contributed by atoms with Gasteiger partial charge in [-0.2, -0.15) is 0 Å². The molecule has 3 fully saturated rings. The highest BCUT2D eigenvalue weighted by Gasteiger charge is 2.42. The third-order valence-corrected chi connectivity index (χ3v) is 24.5. The lowest BCUT2D eigenvalue weighted by molar-refractivity contribution is -0.128. The summed E-state index contributed by atoms with van der Waals surface area (Å²) in [5, 5.41) is 20.0. The van der Waals surface area contributed by atoms with E-state index in [9.17, 15) is 38.4 Å². The standard InChI is InChI=1S/C84H95ClN16O11S2/c1-51(2)76(87-29-30-88-77(102)54-20-26-65-67(40-54)94-70-50-114-74-15-7-5-6-14-73(74)113-49-69(70)93-65)80(105)95-66(13-10-28-89-82(86)107)79(104)90-57-21-16-52(17-22-57)48-111-83(108)97(4)46-61-42-60(99-35-37-110-38-36-99)47-100(61)84(109)112-72-43-71-75(63-12-9-8-11-62(63)72)56(44-85)45-101(71)81(106)68-41-55-39-58(23-27-64(55)92-68)91-78(103)53-18-24-59(25-19-53)98-33-31-96(3)32-34-98/h5-9,11-12,14-27,39-41,43,51,56,60-61,66,73,76,87,92H,10,13,28-38,42,44-50H2,1-4H3,(H,88,102)(H,90,104)(H,91,103)(H,95,105)(H3,86,89,107)/t56-,60-,61+,66-,73?,76-/m1/s1. The molecule has 14 rings (SSSR count). The fraction of sp³-hybridized carbons (Fsp3) is 0.381. The minimum absolute atomic E-state index is 0.0700. The first-order chi connectivity index (χ1) is 55.3. The van der Waals surface area contributed by atoms with E-state index in [-0.39, 0.29) is 98.2 Å². The molecule has 0 radical (unpaired) electrons. The lowest BCUT2D eigenvalue weighted by atomic mass is 9.95. The van der Waals surface area contributed by atoms with E-state index in [1.165, 1.54) is 9.81 Å². The quantitative estimate of drug-likeness (QED) is 0.0195. The van der Waals surface area contributed by atoms with Gasteiger partial charge in [0.15, 0.2) is 0 Å². The molecule has 1 aliphatic carbocycles. The summed E-state index contributed by atoms with van der Waals surface area (Å²) in [5.41, 5.74) is 14.6. The zero-order chi connectivity index (χ0) is 79.5. The number of likely N-dealkylation sites (tertiary alicyclic amines) is 1. The van der Waals surface area contributed by atoms with Gasteiger partial charge in [-0.1, -0.05) is 80.6 Å². The van der Waals surface area contributed by atoms with Crippen LogP contribution < -0.4 is 52.2 Å². The van der Waals surface area contributed by atoms with E-state index in [1.807, 2.05) is 98.4 Å². The number of piperazine rings is 1. The molecule has 3 saturated heterocycles. The topological polar surface area (TPSA) is 323 Å². The van der Waals surface area contributed by atoms with E-state index in [2.05, 4.69) is 82.9 Å². The van der Waals surface area contributed by atoms with Gasteiger partial charge in [0.2, 0.25) is 11.8 Å². The number of benzene rings is 6. The van der Waals surface area contributed by atoms with Gasteiger partial charge in [0.1, 0.15) is 24.1 Å². The average Bonchev–Trinajstić information content (AvgIpc) is 1.58. The molecule has 8 aromatic rings. The Morgan fingerprint density at radius 3 is 2.28 bits per heavy atom. The molecule has 27 nitrogen and oxygen atoms in total. The molecule has 1 unspecified atom stereocenters. The van der Waals surface area contributed by atoms with Gasteiger partial charge in [0.25, 0.3) is 17.7 Å². The monoisotopic (exact) mass is 1600 g/mol. The smallest absolute Gasteiger partial charge is 0.415 e. The average molecular weight is 1600 g/mol. The molecule has 9 N–H and O–H groups in total. The number of nitrogens with one attached hydrogen (secondary N) is 7. The Labute approximate surface area is 674 Å². The number of allylic oxidation sites excluding steroid dienone is 4. The van der Waals surface area contributed by atoms with Crippen LogP contribution in [-0.4, -0.2) is 223 Å². The van der Waals surface area contributed by atoms with Crippen molar-refractivity contribution in [1.29, 1.82) is 0 Å². The van der Waals surface area contributed by atoms with Crippen molar-refractivity contribution < 1.29 is 52.6 Å². The molecule has 0 spiro atoms. The number of nitrogens with zero attached hydrogens (tertiary/aromatic N) is 8. The highest BCUT2D eigenvalue weighted by Crippen LogP contribution is 2.47. The van der Waals surface area contributed by atoms with Crippen LogP contribution in [0, 0.1) is 5.92 Å². The largest absolute Gasteiger partial charge is 0.445 e. The Hall–Kier alpha value is -10.5. The van der Waals surface area contributed by atoms with Crippen LogP contribution in [0.3, 0.4) is 0 Å². The summed E-state index contributed by atoms with van der Waals surface area (Å²) in [5.74, 6) is -0.441. The number of carbonyl (C=O) groups excluding carboxylic acids is 8. The van der Waals surface area contributed by atoms with Crippen molar-refractivity contribution in [2.24, 2.45) is 11.7 Å². The number of urea groups is 1. The third kappa shape index (κ3) is 19.1. The molecule has 9 amide bonds. The number of hydrogen-bond acceptors (Lipinski definition) is 19. The van der Waals surface area contributed by atoms with Crippen molar-refractivity contribution in [2.75, 3.05) is 132 Å². The van der Waals surface area contributed by atoms with Gasteiger partial charge < -0.3 is 81.3 Å². The fourth-order valence-corrected chi connectivity index (χ4v) is 18.1. The molecular formula is C84H95ClN16O11S2. The van der Waals surface area contributed by atoms with Crippen molar-refractivity contribution in [3.05, 3.63) is 196 Å². The van der Waals surface area contributed by atoms with Crippen LogP contribution in [0.25, 0.3) is 32.7 Å². The van der Waals surface area contributed by atoms with Gasteiger partial charge in [-0.15, -0.1) is 35.1 Å². The molecule has 0 bridgehead atoms. The Morgan fingerprint density at radius 1 is 0.754 bits per heavy atom. The number of alkyl halides is 1. The number of aromatic amines is 1. The number of fused-ring (bicyclic) bond motifs is 7. The van der Waals surface area contributed by atoms with Gasteiger partial charge in [-0.3, -0.25) is 28.9 Å². The van der Waals surface area contributed by atoms with Crippen molar-refractivity contribution in [3.8, 4) is 5.75 Å². The second kappa shape index (κ2) is 36.7. The normalized spacial score (nSPS) is 18.9. The summed E-state index contributed by atoms with van der Waals surface area (Å²) in [6.45, 7) is 11.1. The second-order valence-electron chi connectivity index (χ2n) is 29.8. The highest BCUT2D eigenvalue weighted by atomic mass is 35.5. The first-order valence-electron chi connectivity index (χ1n) is 38.7. The maximum atomic E-state index is 15.0. The van der Waals surface area contributed by atoms with Crippen molar-refractivity contribution in [1.82, 2.24) is 55.8 Å². The molecule has 6 aromatic carbocycles. The summed E-state index contributed by atoms with van der Waals surface area (Å²) in [6, 6.07) is 33.2. The van der Waals surface area contributed by atoms with Crippen molar-refractivity contribution in [2.45, 2.75) is 86.6 Å². The molecule has 30 heteroatoms. The van der Waals surface area contributed by atoms with Crippen LogP contribution in [0.4, 0.5) is 37.1 Å². The number of carbonyl (C=O) groups is 8. The summed E-state index contributed by atoms with van der Waals surface area (Å²) in [7, 11) is 3.73. The number of halogens is 1. The number of H-pyrrole nitrogens is 1. The number of aromatic nitrogens is 3. The van der Waals surface area contributed by atoms with Crippen LogP contribution in [0.2, 0.25) is 0 Å². The lowest BCUT2D eigenvalue weighted by Crippen LogP contribution is -2.54. The number of hydrogen-bond donors (Lipinski definition) is 8. The van der Waals surface area contributed by atoms with Gasteiger partial charge in [0.05, 0.1) is 58.7 Å². The van der Waals surface area contributed by atoms with E-state index in [4.69, 9.17) is 41.5 Å². The number of rotatable bonds is 25. The van der Waals surface area contributed by atoms with Crippen molar-refractivity contribution >= 4 is 138 Å². The van der Waals surface area contributed by atoms with Gasteiger partial charge in [0, 0.05) is 170 Å². The summed E-state index contributed by atoms with van der Waals surface area (Å²) < 4.78 is 18.1. The first-order valence-corrected chi connectivity index (χ1v) is 41.3. The predicted octanol–water partition coefficient (Wildman–Crippen LogP) is 10.6. The van der Waals surface area contributed by atoms with Crippen LogP contribution >= 0.6 is 35.1 Å². The fourth-order valence-electron chi connectivity index (χ4n) is 15.4. The maximum Gasteiger partial charge on any atom is 0.415 e. The lowest BCUT2D eigenvalue weighted by Gasteiger charge is -2.34. The molecule has 6 atom stereocenters. The van der Waals surface area contributed by atoms with E-state index in [0.29, 0.717) is 119 Å². The molecule has 7 heterocycles. The van der Waals surface area contributed by atoms with Crippen LogP contribution in [0.15, 0.2) is 157 Å². The van der Waals surface area contributed by atoms with E-state index in [1.54, 1.807) is 83.2 Å². The number of likely N-dealkylation sites (N-methyl/N-ethyl adjacent to an activating group) is 2. The number of nitrogens with two attached hydrogens (primary N) is 1. The summed E-state index contributed by atoms with van der Waals surface area (Å²) in [6.07, 6.45) is 10.2. The highest BCUT2D eigenvalue weighted by molar-refractivity contribution is 8.05. The number of ether oxygens (including phenoxy) is 3. The van der Waals surface area contributed by atoms with E-state index in [0.717, 1.165) is 59.6 Å². The minimum Gasteiger partial charge on any atom is -0.445 e. The first kappa shape index (κ1) is 80.1. The summed E-state index contributed by atoms with van der Waals surface area (Å²) >= 11 is 10.3. The molecule has 6 aliphatic rings. The number of primary amides is 1. The molecule has 596 valence electrons. The predicted molar refractivity (Wildman–Crippen MR) is 447 cm³/mol. The second-order valence-corrected chi connectivity index (χ2v) is 32.3. The molecule has 2 aromatic heterocycles. The van der Waals surface area contributed by atoms with Gasteiger partial charge in [-0.25, -0.2) is 24.4 Å². The number of thioether (sulfide) groups is 2. The third-order valence-electron chi connectivity index (χ3n) is 21.7. The Balaban J connectivity index is 0.583. The van der Waals surface area contributed by atoms with Crippen LogP contribution in [-0.2, 0) is 37.2 Å². The number of morpholine rings is 1. The minimum atomic E-state index is -1.03. The molecular weight excluding hydrogens is 1510 g/mol. The molecule has 5 aliphatic heterocycles. The van der Waals surface area contributed by atoms with Gasteiger partial charge in [-0.05, 0) is 128 Å². The Bertz CT molecular complexity index is 5010. The van der Waals surface area contributed by atoms with Crippen LogP contribution in [0.5, 0.6) is 5.75 Å². The molecule has 0 saturated carbocycles.